The van der Waals surface area contributed by atoms with E-state index in [4.69, 9.17) is 15.9 Å². The van der Waals surface area contributed by atoms with Gasteiger partial charge in [0.2, 0.25) is 0 Å². The van der Waals surface area contributed by atoms with Crippen molar-refractivity contribution in [3.05, 3.63) is 24.3 Å². The molecule has 0 fully saturated rings. The lowest BCUT2D eigenvalue weighted by molar-refractivity contribution is 0.277. The van der Waals surface area contributed by atoms with Gasteiger partial charge in [-0.25, -0.2) is 8.42 Å². The third kappa shape index (κ3) is 5.66. The van der Waals surface area contributed by atoms with Crippen molar-refractivity contribution in [3.8, 4) is 23.8 Å². The standard InChI is InChI=1S/C14H18O4S/c1-3-11-19(15,16)12-7-10-18-14-9-6-5-8-13(14)17-4-2/h1,5-6,8-9H,4,7,10-12H2,2H3. The van der Waals surface area contributed by atoms with Crippen LogP contribution in [0.25, 0.3) is 0 Å². The van der Waals surface area contributed by atoms with E-state index in [-0.39, 0.29) is 11.5 Å². The van der Waals surface area contributed by atoms with Crippen LogP contribution in [-0.2, 0) is 9.84 Å². The number of rotatable bonds is 8. The van der Waals surface area contributed by atoms with Crippen LogP contribution in [0.5, 0.6) is 11.5 Å². The lowest BCUT2D eigenvalue weighted by atomic mass is 10.3. The van der Waals surface area contributed by atoms with Crippen molar-refractivity contribution in [1.29, 1.82) is 0 Å². The Labute approximate surface area is 114 Å². The van der Waals surface area contributed by atoms with Crippen LogP contribution in [0, 0.1) is 12.3 Å². The molecule has 0 unspecified atom stereocenters. The molecule has 0 aliphatic heterocycles. The molecular formula is C14H18O4S. The summed E-state index contributed by atoms with van der Waals surface area (Å²) in [6, 6.07) is 7.30. The fraction of sp³-hybridized carbons (Fsp3) is 0.429. The van der Waals surface area contributed by atoms with Crippen molar-refractivity contribution < 1.29 is 17.9 Å². The van der Waals surface area contributed by atoms with Gasteiger partial charge in [-0.3, -0.25) is 0 Å². The van der Waals surface area contributed by atoms with E-state index in [9.17, 15) is 8.42 Å². The Balaban J connectivity index is 2.44. The van der Waals surface area contributed by atoms with Gasteiger partial charge in [0.1, 0.15) is 5.75 Å². The first-order valence-corrected chi connectivity index (χ1v) is 7.89. The molecule has 0 aliphatic rings. The fourth-order valence-corrected chi connectivity index (χ4v) is 2.46. The number of benzene rings is 1. The summed E-state index contributed by atoms with van der Waals surface area (Å²) in [5, 5.41) is 0. The Kier molecular flexibility index (Phi) is 6.23. The van der Waals surface area contributed by atoms with E-state index in [1.807, 2.05) is 25.1 Å². The number of sulfone groups is 1. The molecule has 4 nitrogen and oxygen atoms in total. The number of terminal acetylenes is 1. The summed E-state index contributed by atoms with van der Waals surface area (Å²) in [5.74, 6) is 3.25. The summed E-state index contributed by atoms with van der Waals surface area (Å²) in [4.78, 5) is 0. The van der Waals surface area contributed by atoms with Crippen LogP contribution < -0.4 is 9.47 Å². The zero-order valence-corrected chi connectivity index (χ0v) is 11.8. The molecule has 0 saturated carbocycles. The molecule has 0 N–H and O–H groups in total. The number of hydrogen-bond donors (Lipinski definition) is 0. The number of para-hydroxylation sites is 2. The zero-order chi connectivity index (χ0) is 14.1. The summed E-state index contributed by atoms with van der Waals surface area (Å²) in [7, 11) is -3.15. The van der Waals surface area contributed by atoms with Crippen LogP contribution in [0.3, 0.4) is 0 Å². The summed E-state index contributed by atoms with van der Waals surface area (Å²) >= 11 is 0. The molecule has 0 aliphatic carbocycles. The minimum absolute atomic E-state index is 0.0357. The second-order valence-electron chi connectivity index (χ2n) is 3.88. The molecule has 0 heterocycles. The smallest absolute Gasteiger partial charge is 0.161 e. The second kappa shape index (κ2) is 7.70. The SMILES string of the molecule is C#CCS(=O)(=O)CCCOc1ccccc1OCC. The monoisotopic (exact) mass is 282 g/mol. The van der Waals surface area contributed by atoms with Crippen LogP contribution in [-0.4, -0.2) is 33.1 Å². The van der Waals surface area contributed by atoms with Gasteiger partial charge >= 0.3 is 0 Å². The van der Waals surface area contributed by atoms with Gasteiger partial charge in [-0.1, -0.05) is 18.1 Å². The van der Waals surface area contributed by atoms with E-state index >= 15 is 0 Å². The highest BCUT2D eigenvalue weighted by molar-refractivity contribution is 7.91. The van der Waals surface area contributed by atoms with Crippen molar-refractivity contribution in [2.24, 2.45) is 0 Å². The molecule has 104 valence electrons. The van der Waals surface area contributed by atoms with Gasteiger partial charge in [0.05, 0.1) is 19.0 Å². The van der Waals surface area contributed by atoms with E-state index in [2.05, 4.69) is 5.92 Å². The van der Waals surface area contributed by atoms with Crippen molar-refractivity contribution in [3.63, 3.8) is 0 Å². The maximum atomic E-state index is 11.4. The Hall–Kier alpha value is -1.67. The van der Waals surface area contributed by atoms with Gasteiger partial charge in [-0.05, 0) is 25.5 Å². The lowest BCUT2D eigenvalue weighted by Crippen LogP contribution is -2.12. The molecule has 1 aromatic rings. The van der Waals surface area contributed by atoms with Crippen LogP contribution in [0.15, 0.2) is 24.3 Å². The molecule has 5 heteroatoms. The number of hydrogen-bond acceptors (Lipinski definition) is 4. The molecule has 1 aromatic carbocycles. The molecule has 19 heavy (non-hydrogen) atoms. The first kappa shape index (κ1) is 15.4. The van der Waals surface area contributed by atoms with Crippen LogP contribution >= 0.6 is 0 Å². The predicted octanol–water partition coefficient (Wildman–Crippen LogP) is 1.90. The third-order valence-corrected chi connectivity index (χ3v) is 3.83. The molecule has 0 amide bonds. The second-order valence-corrected chi connectivity index (χ2v) is 6.06. The first-order valence-electron chi connectivity index (χ1n) is 6.07. The highest BCUT2D eigenvalue weighted by Crippen LogP contribution is 2.26. The van der Waals surface area contributed by atoms with Crippen molar-refractivity contribution >= 4 is 9.84 Å². The van der Waals surface area contributed by atoms with E-state index in [0.717, 1.165) is 0 Å². The molecular weight excluding hydrogens is 264 g/mol. The topological polar surface area (TPSA) is 52.6 Å². The minimum Gasteiger partial charge on any atom is -0.490 e. The zero-order valence-electron chi connectivity index (χ0n) is 11.0. The van der Waals surface area contributed by atoms with E-state index < -0.39 is 9.84 Å². The van der Waals surface area contributed by atoms with Gasteiger partial charge in [-0.2, -0.15) is 0 Å². The van der Waals surface area contributed by atoms with E-state index in [1.54, 1.807) is 6.07 Å². The first-order chi connectivity index (χ1) is 9.09. The summed E-state index contributed by atoms with van der Waals surface area (Å²) in [6.45, 7) is 2.76. The molecule has 0 radical (unpaired) electrons. The number of ether oxygens (including phenoxy) is 2. The Morgan fingerprint density at radius 2 is 1.84 bits per heavy atom. The summed E-state index contributed by atoms with van der Waals surface area (Å²) < 4.78 is 33.7. The average Bonchev–Trinajstić information content (AvgIpc) is 2.37. The molecule has 0 bridgehead atoms. The quantitative estimate of drug-likeness (QED) is 0.540. The van der Waals surface area contributed by atoms with Gasteiger partial charge in [0.25, 0.3) is 0 Å². The van der Waals surface area contributed by atoms with Gasteiger partial charge in [0, 0.05) is 0 Å². The lowest BCUT2D eigenvalue weighted by Gasteiger charge is -2.11. The van der Waals surface area contributed by atoms with Crippen molar-refractivity contribution in [1.82, 2.24) is 0 Å². The normalized spacial score (nSPS) is 10.7. The van der Waals surface area contributed by atoms with E-state index in [0.29, 0.717) is 31.1 Å². The largest absolute Gasteiger partial charge is 0.490 e. The van der Waals surface area contributed by atoms with Gasteiger partial charge in [0.15, 0.2) is 21.3 Å². The molecule has 0 aromatic heterocycles. The van der Waals surface area contributed by atoms with Crippen molar-refractivity contribution in [2.45, 2.75) is 13.3 Å². The Morgan fingerprint density at radius 3 is 2.42 bits per heavy atom. The Morgan fingerprint density at radius 1 is 1.21 bits per heavy atom. The highest BCUT2D eigenvalue weighted by atomic mass is 32.2. The molecule has 1 rings (SSSR count). The summed E-state index contributed by atoms with van der Waals surface area (Å²) in [5.41, 5.74) is 0. The van der Waals surface area contributed by atoms with Crippen molar-refractivity contribution in [2.75, 3.05) is 24.7 Å². The predicted molar refractivity (Wildman–Crippen MR) is 75.2 cm³/mol. The van der Waals surface area contributed by atoms with E-state index in [1.165, 1.54) is 0 Å². The maximum absolute atomic E-state index is 11.4. The molecule has 0 saturated heterocycles. The van der Waals surface area contributed by atoms with Crippen LogP contribution in [0.4, 0.5) is 0 Å². The average molecular weight is 282 g/mol. The van der Waals surface area contributed by atoms with Crippen LogP contribution in [0.2, 0.25) is 0 Å². The molecule has 0 atom stereocenters. The fourth-order valence-electron chi connectivity index (χ4n) is 1.50. The minimum atomic E-state index is -3.15. The van der Waals surface area contributed by atoms with Gasteiger partial charge < -0.3 is 9.47 Å². The van der Waals surface area contributed by atoms with Crippen LogP contribution in [0.1, 0.15) is 13.3 Å². The Bertz CT molecular complexity index is 529. The third-order valence-electron chi connectivity index (χ3n) is 2.31. The van der Waals surface area contributed by atoms with Gasteiger partial charge in [-0.15, -0.1) is 6.42 Å². The highest BCUT2D eigenvalue weighted by Gasteiger charge is 2.09. The maximum Gasteiger partial charge on any atom is 0.161 e. The molecule has 0 spiro atoms. The summed E-state index contributed by atoms with van der Waals surface area (Å²) in [6.07, 6.45) is 5.39.